The Balaban J connectivity index is 2.62. The predicted octanol–water partition coefficient (Wildman–Crippen LogP) is 2.29. The fourth-order valence-electron chi connectivity index (χ4n) is 2.02. The van der Waals surface area contributed by atoms with Gasteiger partial charge in [-0.1, -0.05) is 30.2 Å². The van der Waals surface area contributed by atoms with Gasteiger partial charge in [-0.2, -0.15) is 0 Å². The Labute approximate surface area is 116 Å². The van der Waals surface area contributed by atoms with Crippen LogP contribution in [0.15, 0.2) is 36.4 Å². The number of fused-ring (bicyclic) bond motifs is 1. The van der Waals surface area contributed by atoms with Crippen LogP contribution in [0, 0.1) is 12.3 Å². The minimum Gasteiger partial charge on any atom is -0.478 e. The molecule has 0 saturated carbocycles. The first kappa shape index (κ1) is 13.6. The van der Waals surface area contributed by atoms with E-state index in [2.05, 4.69) is 11.2 Å². The number of aromatic carboxylic acids is 1. The van der Waals surface area contributed by atoms with E-state index in [1.165, 1.54) is 6.07 Å². The van der Waals surface area contributed by atoms with Crippen LogP contribution in [0.3, 0.4) is 0 Å². The molecule has 0 spiro atoms. The molecule has 0 aliphatic carbocycles. The van der Waals surface area contributed by atoms with E-state index in [0.29, 0.717) is 16.3 Å². The zero-order valence-electron chi connectivity index (χ0n) is 10.9. The molecule has 2 aromatic carbocycles. The molecule has 0 radical (unpaired) electrons. The minimum atomic E-state index is -1.07. The number of benzene rings is 2. The Morgan fingerprint density at radius 3 is 2.35 bits per heavy atom. The van der Waals surface area contributed by atoms with Crippen LogP contribution in [0.2, 0.25) is 0 Å². The van der Waals surface area contributed by atoms with Crippen molar-refractivity contribution in [3.63, 3.8) is 0 Å². The van der Waals surface area contributed by atoms with Gasteiger partial charge in [0.05, 0.1) is 11.6 Å². The maximum Gasteiger partial charge on any atom is 0.336 e. The fourth-order valence-corrected chi connectivity index (χ4v) is 2.02. The van der Waals surface area contributed by atoms with Gasteiger partial charge in [0.2, 0.25) is 0 Å². The van der Waals surface area contributed by atoms with Crippen molar-refractivity contribution in [1.29, 1.82) is 0 Å². The van der Waals surface area contributed by atoms with E-state index >= 15 is 0 Å². The van der Waals surface area contributed by atoms with E-state index in [4.69, 9.17) is 6.42 Å². The summed E-state index contributed by atoms with van der Waals surface area (Å²) in [7, 11) is 0. The summed E-state index contributed by atoms with van der Waals surface area (Å²) in [5, 5.41) is 13.0. The highest BCUT2D eigenvalue weighted by Crippen LogP contribution is 2.23. The molecule has 1 unspecified atom stereocenters. The zero-order chi connectivity index (χ0) is 14.7. The third kappa shape index (κ3) is 2.47. The van der Waals surface area contributed by atoms with Gasteiger partial charge in [-0.3, -0.25) is 4.79 Å². The quantitative estimate of drug-likeness (QED) is 0.838. The molecule has 100 valence electrons. The third-order valence-corrected chi connectivity index (χ3v) is 2.98. The molecule has 0 fully saturated rings. The SMILES string of the molecule is C#CC(C)NC(=O)c1cccc2cccc(C(=O)O)c12. The summed E-state index contributed by atoms with van der Waals surface area (Å²) in [5.41, 5.74) is 0.407. The number of hydrogen-bond acceptors (Lipinski definition) is 2. The van der Waals surface area contributed by atoms with E-state index in [0.717, 1.165) is 0 Å². The average Bonchev–Trinajstić information content (AvgIpc) is 2.45. The maximum absolute atomic E-state index is 12.2. The van der Waals surface area contributed by atoms with Gasteiger partial charge >= 0.3 is 5.97 Å². The lowest BCUT2D eigenvalue weighted by atomic mass is 9.98. The van der Waals surface area contributed by atoms with Crippen LogP contribution in [0.1, 0.15) is 27.6 Å². The van der Waals surface area contributed by atoms with E-state index in [9.17, 15) is 14.7 Å². The van der Waals surface area contributed by atoms with Crippen molar-refractivity contribution in [2.24, 2.45) is 0 Å². The summed E-state index contributed by atoms with van der Waals surface area (Å²) in [4.78, 5) is 23.5. The molecule has 4 nitrogen and oxygen atoms in total. The van der Waals surface area contributed by atoms with Gasteiger partial charge < -0.3 is 10.4 Å². The van der Waals surface area contributed by atoms with Gasteiger partial charge in [0.25, 0.3) is 5.91 Å². The Kier molecular flexibility index (Phi) is 3.72. The second-order valence-corrected chi connectivity index (χ2v) is 4.38. The van der Waals surface area contributed by atoms with E-state index in [1.807, 2.05) is 0 Å². The summed E-state index contributed by atoms with van der Waals surface area (Å²) in [6, 6.07) is 9.54. The van der Waals surface area contributed by atoms with E-state index in [1.54, 1.807) is 37.3 Å². The first-order valence-corrected chi connectivity index (χ1v) is 6.06. The molecular formula is C16H13NO3. The van der Waals surface area contributed by atoms with Crippen molar-refractivity contribution in [1.82, 2.24) is 5.32 Å². The predicted molar refractivity (Wildman–Crippen MR) is 76.7 cm³/mol. The minimum absolute atomic E-state index is 0.0987. The van der Waals surface area contributed by atoms with Gasteiger partial charge in [-0.25, -0.2) is 4.79 Å². The summed E-state index contributed by atoms with van der Waals surface area (Å²) < 4.78 is 0. The van der Waals surface area contributed by atoms with Crippen molar-refractivity contribution in [2.45, 2.75) is 13.0 Å². The summed E-state index contributed by atoms with van der Waals surface area (Å²) in [5.74, 6) is 0.954. The van der Waals surface area contributed by atoms with Crippen molar-refractivity contribution in [3.8, 4) is 12.3 Å². The molecule has 0 aliphatic heterocycles. The Bertz CT molecular complexity index is 723. The van der Waals surface area contributed by atoms with Crippen molar-refractivity contribution in [2.75, 3.05) is 0 Å². The Hall–Kier alpha value is -2.80. The van der Waals surface area contributed by atoms with Crippen molar-refractivity contribution >= 4 is 22.6 Å². The molecule has 0 aliphatic rings. The lowest BCUT2D eigenvalue weighted by Gasteiger charge is -2.11. The zero-order valence-corrected chi connectivity index (χ0v) is 10.9. The largest absolute Gasteiger partial charge is 0.478 e. The lowest BCUT2D eigenvalue weighted by molar-refractivity contribution is 0.0699. The molecule has 0 heterocycles. The first-order chi connectivity index (χ1) is 9.54. The average molecular weight is 267 g/mol. The number of amides is 1. The summed E-state index contributed by atoms with van der Waals surface area (Å²) >= 11 is 0. The molecule has 0 bridgehead atoms. The van der Waals surface area contributed by atoms with Crippen LogP contribution in [0.25, 0.3) is 10.8 Å². The molecular weight excluding hydrogens is 254 g/mol. The fraction of sp³-hybridized carbons (Fsp3) is 0.125. The standard InChI is InChI=1S/C16H13NO3/c1-3-10(2)17-15(18)12-8-4-6-11-7-5-9-13(14(11)12)16(19)20/h1,4-10H,2H3,(H,17,18)(H,19,20). The molecule has 1 atom stereocenters. The van der Waals surface area contributed by atoms with Gasteiger partial charge in [0.15, 0.2) is 0 Å². The molecule has 20 heavy (non-hydrogen) atoms. The van der Waals surface area contributed by atoms with Crippen LogP contribution in [-0.2, 0) is 0 Å². The number of rotatable bonds is 3. The molecule has 2 N–H and O–H groups in total. The number of hydrogen-bond donors (Lipinski definition) is 2. The third-order valence-electron chi connectivity index (χ3n) is 2.98. The highest BCUT2D eigenvalue weighted by molar-refractivity contribution is 6.14. The van der Waals surface area contributed by atoms with Crippen LogP contribution in [0.4, 0.5) is 0 Å². The van der Waals surface area contributed by atoms with Crippen molar-refractivity contribution in [3.05, 3.63) is 47.5 Å². The number of carbonyl (C=O) groups is 2. The maximum atomic E-state index is 12.2. The molecule has 0 aromatic heterocycles. The molecule has 0 saturated heterocycles. The summed E-state index contributed by atoms with van der Waals surface area (Å²) in [6.07, 6.45) is 5.23. The van der Waals surface area contributed by atoms with Crippen LogP contribution >= 0.6 is 0 Å². The van der Waals surface area contributed by atoms with Crippen LogP contribution in [0.5, 0.6) is 0 Å². The van der Waals surface area contributed by atoms with E-state index < -0.39 is 12.0 Å². The number of nitrogens with one attached hydrogen (secondary N) is 1. The number of carbonyl (C=O) groups excluding carboxylic acids is 1. The highest BCUT2D eigenvalue weighted by atomic mass is 16.4. The van der Waals surface area contributed by atoms with Crippen LogP contribution in [-0.4, -0.2) is 23.0 Å². The Morgan fingerprint density at radius 1 is 1.20 bits per heavy atom. The smallest absolute Gasteiger partial charge is 0.336 e. The van der Waals surface area contributed by atoms with E-state index in [-0.39, 0.29) is 11.5 Å². The lowest BCUT2D eigenvalue weighted by Crippen LogP contribution is -2.31. The number of carboxylic acid groups (broad SMARTS) is 1. The topological polar surface area (TPSA) is 66.4 Å². The van der Waals surface area contributed by atoms with Gasteiger partial charge in [-0.05, 0) is 24.4 Å². The summed E-state index contributed by atoms with van der Waals surface area (Å²) in [6.45, 7) is 1.68. The van der Waals surface area contributed by atoms with Gasteiger partial charge in [-0.15, -0.1) is 6.42 Å². The number of carboxylic acids is 1. The number of terminal acetylenes is 1. The molecule has 1 amide bonds. The van der Waals surface area contributed by atoms with Gasteiger partial charge in [0.1, 0.15) is 0 Å². The monoisotopic (exact) mass is 267 g/mol. The molecule has 2 aromatic rings. The van der Waals surface area contributed by atoms with Crippen LogP contribution < -0.4 is 5.32 Å². The second kappa shape index (κ2) is 5.45. The van der Waals surface area contributed by atoms with Gasteiger partial charge in [0, 0.05) is 10.9 Å². The Morgan fingerprint density at radius 2 is 1.80 bits per heavy atom. The molecule has 2 rings (SSSR count). The van der Waals surface area contributed by atoms with Crippen molar-refractivity contribution < 1.29 is 14.7 Å². The normalized spacial score (nSPS) is 11.6. The first-order valence-electron chi connectivity index (χ1n) is 6.06. The molecule has 4 heteroatoms. The second-order valence-electron chi connectivity index (χ2n) is 4.38. The highest BCUT2D eigenvalue weighted by Gasteiger charge is 2.16.